The number of hydrogen-bond acceptors (Lipinski definition) is 3. The lowest BCUT2D eigenvalue weighted by molar-refractivity contribution is 0.1000. The van der Waals surface area contributed by atoms with Crippen LogP contribution in [0.4, 0.5) is 0 Å². The minimum atomic E-state index is -0.401. The number of imidazole rings is 1. The Labute approximate surface area is 141 Å². The summed E-state index contributed by atoms with van der Waals surface area (Å²) >= 11 is 0. The topological polar surface area (TPSA) is 72.9 Å². The Morgan fingerprint density at radius 3 is 2.79 bits per heavy atom. The average molecular weight is 322 g/mol. The summed E-state index contributed by atoms with van der Waals surface area (Å²) in [6, 6.07) is 15.6. The monoisotopic (exact) mass is 322 g/mol. The van der Waals surface area contributed by atoms with Crippen molar-refractivity contribution in [3.8, 4) is 0 Å². The molecule has 124 valence electrons. The first-order valence-corrected chi connectivity index (χ1v) is 8.22. The van der Waals surface area contributed by atoms with E-state index in [1.54, 1.807) is 6.07 Å². The largest absolute Gasteiger partial charge is 0.366 e. The van der Waals surface area contributed by atoms with Crippen molar-refractivity contribution >= 4 is 16.9 Å². The molecule has 3 aromatic rings. The second-order valence-electron chi connectivity index (χ2n) is 5.84. The van der Waals surface area contributed by atoms with Crippen LogP contribution in [0.15, 0.2) is 48.5 Å². The number of fused-ring (bicyclic) bond motifs is 1. The van der Waals surface area contributed by atoms with Gasteiger partial charge in [-0.25, -0.2) is 4.98 Å². The van der Waals surface area contributed by atoms with Crippen molar-refractivity contribution < 1.29 is 4.79 Å². The van der Waals surface area contributed by atoms with Crippen molar-refractivity contribution in [2.24, 2.45) is 5.73 Å². The summed E-state index contributed by atoms with van der Waals surface area (Å²) in [6.45, 7) is 4.46. The minimum absolute atomic E-state index is 0.401. The third kappa shape index (κ3) is 3.46. The van der Waals surface area contributed by atoms with Crippen LogP contribution in [0.5, 0.6) is 0 Å². The van der Waals surface area contributed by atoms with E-state index in [9.17, 15) is 4.79 Å². The lowest BCUT2D eigenvalue weighted by Crippen LogP contribution is -2.17. The number of carbonyl (C=O) groups is 1. The Hall–Kier alpha value is -2.66. The van der Waals surface area contributed by atoms with Crippen molar-refractivity contribution in [2.75, 3.05) is 0 Å². The first kappa shape index (κ1) is 16.2. The summed E-state index contributed by atoms with van der Waals surface area (Å²) in [6.07, 6.45) is 1.06. The molecule has 0 aliphatic carbocycles. The lowest BCUT2D eigenvalue weighted by Gasteiger charge is -2.09. The highest BCUT2D eigenvalue weighted by molar-refractivity contribution is 5.92. The molecule has 1 heterocycles. The first-order chi connectivity index (χ1) is 11.7. The lowest BCUT2D eigenvalue weighted by atomic mass is 10.1. The summed E-state index contributed by atoms with van der Waals surface area (Å²) in [4.78, 5) is 16.0. The Morgan fingerprint density at radius 2 is 2.00 bits per heavy atom. The number of nitrogens with one attached hydrogen (secondary N) is 1. The highest BCUT2D eigenvalue weighted by Crippen LogP contribution is 2.16. The summed E-state index contributed by atoms with van der Waals surface area (Å²) in [5.74, 6) is 0.630. The Balaban J connectivity index is 1.72. The molecular weight excluding hydrogens is 300 g/mol. The van der Waals surface area contributed by atoms with Crippen LogP contribution >= 0.6 is 0 Å². The molecule has 5 heteroatoms. The van der Waals surface area contributed by atoms with Gasteiger partial charge in [0, 0.05) is 18.7 Å². The SMILES string of the molecule is CCCn1c(CNCc2cccc(C(N)=O)c2)nc2ccccc21. The van der Waals surface area contributed by atoms with E-state index >= 15 is 0 Å². The zero-order chi connectivity index (χ0) is 16.9. The normalized spacial score (nSPS) is 11.0. The number of hydrogen-bond donors (Lipinski definition) is 2. The van der Waals surface area contributed by atoms with Gasteiger partial charge in [0.25, 0.3) is 0 Å². The molecule has 2 aromatic carbocycles. The average Bonchev–Trinajstić information content (AvgIpc) is 2.93. The highest BCUT2D eigenvalue weighted by atomic mass is 16.1. The van der Waals surface area contributed by atoms with Crippen molar-refractivity contribution in [1.29, 1.82) is 0 Å². The second kappa shape index (κ2) is 7.27. The van der Waals surface area contributed by atoms with Gasteiger partial charge in [-0.2, -0.15) is 0 Å². The van der Waals surface area contributed by atoms with E-state index in [-0.39, 0.29) is 0 Å². The van der Waals surface area contributed by atoms with Gasteiger partial charge in [-0.1, -0.05) is 31.2 Å². The molecule has 1 amide bonds. The molecule has 3 rings (SSSR count). The molecule has 0 saturated heterocycles. The maximum atomic E-state index is 11.3. The second-order valence-corrected chi connectivity index (χ2v) is 5.84. The predicted molar refractivity (Wildman–Crippen MR) is 95.5 cm³/mol. The van der Waals surface area contributed by atoms with Crippen molar-refractivity contribution in [3.05, 3.63) is 65.5 Å². The van der Waals surface area contributed by atoms with Crippen LogP contribution in [0.3, 0.4) is 0 Å². The number of amides is 1. The molecule has 0 saturated carbocycles. The van der Waals surface area contributed by atoms with Gasteiger partial charge in [0.05, 0.1) is 17.6 Å². The van der Waals surface area contributed by atoms with Crippen LogP contribution < -0.4 is 11.1 Å². The van der Waals surface area contributed by atoms with Gasteiger partial charge in [-0.05, 0) is 36.2 Å². The van der Waals surface area contributed by atoms with Crippen LogP contribution in [0.1, 0.15) is 35.1 Å². The molecule has 3 N–H and O–H groups in total. The molecule has 0 atom stereocenters. The number of aryl methyl sites for hydroxylation is 1. The van der Waals surface area contributed by atoms with Gasteiger partial charge in [0.2, 0.25) is 5.91 Å². The van der Waals surface area contributed by atoms with Crippen LogP contribution in [-0.2, 0) is 19.6 Å². The Morgan fingerprint density at radius 1 is 1.17 bits per heavy atom. The summed E-state index contributed by atoms with van der Waals surface area (Å²) in [5.41, 5.74) is 9.09. The van der Waals surface area contributed by atoms with Crippen LogP contribution in [0.2, 0.25) is 0 Å². The smallest absolute Gasteiger partial charge is 0.248 e. The van der Waals surface area contributed by atoms with E-state index in [4.69, 9.17) is 10.7 Å². The molecule has 0 radical (unpaired) electrons. The van der Waals surface area contributed by atoms with Gasteiger partial charge in [-0.3, -0.25) is 4.79 Å². The van der Waals surface area contributed by atoms with Gasteiger partial charge in [-0.15, -0.1) is 0 Å². The number of rotatable bonds is 7. The molecule has 5 nitrogen and oxygen atoms in total. The summed E-state index contributed by atoms with van der Waals surface area (Å²) in [7, 11) is 0. The number of benzene rings is 2. The van der Waals surface area contributed by atoms with E-state index in [0.717, 1.165) is 29.9 Å². The molecule has 0 unspecified atom stereocenters. The molecule has 24 heavy (non-hydrogen) atoms. The Bertz CT molecular complexity index is 853. The number of primary amides is 1. The molecule has 0 aliphatic heterocycles. The van der Waals surface area contributed by atoms with Gasteiger partial charge in [0.1, 0.15) is 5.82 Å². The quantitative estimate of drug-likeness (QED) is 0.702. The molecule has 1 aromatic heterocycles. The highest BCUT2D eigenvalue weighted by Gasteiger charge is 2.09. The number of nitrogens with two attached hydrogens (primary N) is 1. The zero-order valence-electron chi connectivity index (χ0n) is 13.8. The third-order valence-electron chi connectivity index (χ3n) is 4.00. The molecule has 0 fully saturated rings. The third-order valence-corrected chi connectivity index (χ3v) is 4.00. The molecule has 0 spiro atoms. The Kier molecular flexibility index (Phi) is 4.91. The number of para-hydroxylation sites is 2. The van der Waals surface area contributed by atoms with Crippen LogP contribution in [0, 0.1) is 0 Å². The van der Waals surface area contributed by atoms with Gasteiger partial charge >= 0.3 is 0 Å². The van der Waals surface area contributed by atoms with Crippen LogP contribution in [-0.4, -0.2) is 15.5 Å². The fourth-order valence-corrected chi connectivity index (χ4v) is 2.89. The van der Waals surface area contributed by atoms with Gasteiger partial charge < -0.3 is 15.6 Å². The minimum Gasteiger partial charge on any atom is -0.366 e. The fraction of sp³-hybridized carbons (Fsp3) is 0.263. The van der Waals surface area contributed by atoms with E-state index in [2.05, 4.69) is 22.9 Å². The maximum absolute atomic E-state index is 11.3. The van der Waals surface area contributed by atoms with Crippen molar-refractivity contribution in [2.45, 2.75) is 33.0 Å². The summed E-state index contributed by atoms with van der Waals surface area (Å²) in [5, 5.41) is 3.41. The standard InChI is InChI=1S/C19H22N4O/c1-2-10-23-17-9-4-3-8-16(17)22-18(23)13-21-12-14-6-5-7-15(11-14)19(20)24/h3-9,11,21H,2,10,12-13H2,1H3,(H2,20,24). The molecular formula is C19H22N4O. The van der Waals surface area contributed by atoms with E-state index in [1.807, 2.05) is 36.4 Å². The maximum Gasteiger partial charge on any atom is 0.248 e. The molecule has 0 bridgehead atoms. The fourth-order valence-electron chi connectivity index (χ4n) is 2.89. The first-order valence-electron chi connectivity index (χ1n) is 8.22. The van der Waals surface area contributed by atoms with Crippen molar-refractivity contribution in [1.82, 2.24) is 14.9 Å². The van der Waals surface area contributed by atoms with Crippen LogP contribution in [0.25, 0.3) is 11.0 Å². The number of aromatic nitrogens is 2. The predicted octanol–water partition coefficient (Wildman–Crippen LogP) is 2.84. The molecule has 0 aliphatic rings. The zero-order valence-corrected chi connectivity index (χ0v) is 13.8. The number of carbonyl (C=O) groups excluding carboxylic acids is 1. The van der Waals surface area contributed by atoms with Crippen molar-refractivity contribution in [3.63, 3.8) is 0 Å². The van der Waals surface area contributed by atoms with E-state index < -0.39 is 5.91 Å². The van der Waals surface area contributed by atoms with E-state index in [0.29, 0.717) is 18.7 Å². The number of nitrogens with zero attached hydrogens (tertiary/aromatic N) is 2. The van der Waals surface area contributed by atoms with Gasteiger partial charge in [0.15, 0.2) is 0 Å². The van der Waals surface area contributed by atoms with E-state index in [1.165, 1.54) is 5.52 Å². The summed E-state index contributed by atoms with van der Waals surface area (Å²) < 4.78 is 2.27.